The second-order valence-electron chi connectivity index (χ2n) is 22.6. The van der Waals surface area contributed by atoms with Crippen molar-refractivity contribution >= 4 is 11.6 Å². The van der Waals surface area contributed by atoms with E-state index in [-0.39, 0.29) is 0 Å². The zero-order valence-corrected chi connectivity index (χ0v) is 37.7. The van der Waals surface area contributed by atoms with Crippen LogP contribution in [0.3, 0.4) is 0 Å². The van der Waals surface area contributed by atoms with Gasteiger partial charge in [0.15, 0.2) is 11.6 Å². The summed E-state index contributed by atoms with van der Waals surface area (Å²) < 4.78 is 31.3. The maximum Gasteiger partial charge on any atom is 0.151 e. The highest BCUT2D eigenvalue weighted by molar-refractivity contribution is 5.99. The number of carbonyl (C=O) groups excluding carboxylic acids is 2. The maximum absolute atomic E-state index is 15.7. The van der Waals surface area contributed by atoms with Crippen LogP contribution in [0.1, 0.15) is 240 Å². The quantitative estimate of drug-likeness (QED) is 0.209. The Bertz CT molecular complexity index is 1270. The van der Waals surface area contributed by atoms with Crippen LogP contribution in [0.5, 0.6) is 0 Å². The molecule has 8 aliphatic rings. The van der Waals surface area contributed by atoms with Gasteiger partial charge in [-0.3, -0.25) is 9.59 Å². The first-order valence-electron chi connectivity index (χ1n) is 26.0. The van der Waals surface area contributed by atoms with Crippen LogP contribution in [-0.2, 0) is 9.59 Å². The average Bonchev–Trinajstić information content (AvgIpc) is 3.28. The Morgan fingerprint density at radius 1 is 0.386 bits per heavy atom. The van der Waals surface area contributed by atoms with E-state index in [1.165, 1.54) is 109 Å². The molecule has 0 N–H and O–H groups in total. The van der Waals surface area contributed by atoms with Crippen molar-refractivity contribution in [3.8, 4) is 0 Å². The fourth-order valence-corrected chi connectivity index (χ4v) is 15.9. The fraction of sp³-hybridized carbons (Fsp3) is 0.962. The molecule has 0 saturated heterocycles. The molecule has 4 spiro atoms. The highest BCUT2D eigenvalue weighted by Gasteiger charge is 2.73. The van der Waals surface area contributed by atoms with Crippen LogP contribution in [0.2, 0.25) is 0 Å². The SMILES string of the molecule is CCCCC1CCC(C2CCC3(CC2)C(=O)C2(CCC(CC)CC2)[C@H]3F)CC1.CCCCC1CCC(C2CCC3(CC2)C(=O)C2(CCC(CCC)CC2)[C@H]3F)CC1. The van der Waals surface area contributed by atoms with Crippen LogP contribution in [0, 0.1) is 69.0 Å². The van der Waals surface area contributed by atoms with Gasteiger partial charge in [0.05, 0.1) is 21.7 Å². The number of ketones is 2. The van der Waals surface area contributed by atoms with Gasteiger partial charge in [-0.15, -0.1) is 0 Å². The molecule has 0 unspecified atom stereocenters. The number of alkyl halides is 2. The molecule has 8 fully saturated rings. The van der Waals surface area contributed by atoms with E-state index in [0.29, 0.717) is 11.6 Å². The molecule has 2 nitrogen and oxygen atoms in total. The number of unbranched alkanes of at least 4 members (excludes halogenated alkanes) is 2. The standard InChI is InChI=1S/C27H45FO.C26H43FO/c1-3-5-7-21-8-10-22(11-9-21)23-14-18-27(19-15-23)24(28)26(25(27)29)16-12-20(6-4-2)13-17-26;1-3-5-6-20-7-9-21(10-8-20)22-13-17-26(18-14-22)23(27)25(24(26)28)15-11-19(4-2)12-16-25/h20-24H,3-19H2,1-2H3;19-23H,3-18H2,1-2H3/t20?,21?,22?,23?,24-,26?,27?;19?,20?,21?,22?,23-,25?,26?/m11/s1. The minimum absolute atomic E-state index is 0.351. The Kier molecular flexibility index (Phi) is 14.8. The molecule has 8 saturated carbocycles. The lowest BCUT2D eigenvalue weighted by atomic mass is 9.41. The lowest BCUT2D eigenvalue weighted by Gasteiger charge is -2.61. The third kappa shape index (κ3) is 8.42. The molecule has 0 bridgehead atoms. The van der Waals surface area contributed by atoms with Gasteiger partial charge in [0.2, 0.25) is 0 Å². The Balaban J connectivity index is 0.000000174. The predicted molar refractivity (Wildman–Crippen MR) is 233 cm³/mol. The summed E-state index contributed by atoms with van der Waals surface area (Å²) in [5.74, 6) is 7.36. The van der Waals surface area contributed by atoms with E-state index in [2.05, 4.69) is 27.7 Å². The summed E-state index contributed by atoms with van der Waals surface area (Å²) in [4.78, 5) is 26.7. The van der Waals surface area contributed by atoms with Crippen LogP contribution in [0.4, 0.5) is 8.78 Å². The van der Waals surface area contributed by atoms with E-state index in [1.807, 2.05) is 0 Å². The molecule has 326 valence electrons. The Hall–Kier alpha value is -0.800. The first-order valence-corrected chi connectivity index (χ1v) is 26.0. The lowest BCUT2D eigenvalue weighted by Crippen LogP contribution is -2.69. The summed E-state index contributed by atoms with van der Waals surface area (Å²) in [5, 5.41) is 0. The molecular formula is C53H88F2O2. The zero-order chi connectivity index (χ0) is 40.3. The highest BCUT2D eigenvalue weighted by Crippen LogP contribution is 2.67. The van der Waals surface area contributed by atoms with Gasteiger partial charge in [-0.25, -0.2) is 8.78 Å². The van der Waals surface area contributed by atoms with E-state index in [9.17, 15) is 9.59 Å². The van der Waals surface area contributed by atoms with Crippen molar-refractivity contribution in [2.24, 2.45) is 69.0 Å². The largest absolute Gasteiger partial charge is 0.298 e. The highest BCUT2D eigenvalue weighted by atomic mass is 19.1. The lowest BCUT2D eigenvalue weighted by molar-refractivity contribution is -0.194. The second kappa shape index (κ2) is 19.1. The first-order chi connectivity index (χ1) is 27.6. The Morgan fingerprint density at radius 3 is 0.982 bits per heavy atom. The first kappa shape index (κ1) is 44.3. The average molecular weight is 795 g/mol. The van der Waals surface area contributed by atoms with Crippen molar-refractivity contribution in [1.82, 2.24) is 0 Å². The topological polar surface area (TPSA) is 34.1 Å². The van der Waals surface area contributed by atoms with Crippen LogP contribution >= 0.6 is 0 Å². The van der Waals surface area contributed by atoms with Crippen LogP contribution in [-0.4, -0.2) is 23.9 Å². The van der Waals surface area contributed by atoms with Gasteiger partial charge >= 0.3 is 0 Å². The van der Waals surface area contributed by atoms with Crippen LogP contribution in [0.15, 0.2) is 0 Å². The minimum Gasteiger partial charge on any atom is -0.298 e. The molecule has 2 atom stereocenters. The normalized spacial score (nSPS) is 46.1. The van der Waals surface area contributed by atoms with Crippen molar-refractivity contribution in [3.05, 3.63) is 0 Å². The number of Topliss-reactive ketones (excluding diaryl/α,β-unsaturated/α-hetero) is 2. The molecular weight excluding hydrogens is 707 g/mol. The third-order valence-electron chi connectivity index (χ3n) is 19.9. The number of carbonyl (C=O) groups is 2. The molecule has 0 radical (unpaired) electrons. The molecule has 8 rings (SSSR count). The molecule has 0 heterocycles. The summed E-state index contributed by atoms with van der Waals surface area (Å²) in [6.07, 6.45) is 37.0. The molecule has 0 aliphatic heterocycles. The van der Waals surface area contributed by atoms with E-state index in [1.54, 1.807) is 0 Å². The van der Waals surface area contributed by atoms with Gasteiger partial charge < -0.3 is 0 Å². The summed E-state index contributed by atoms with van der Waals surface area (Å²) in [6, 6.07) is 0. The Morgan fingerprint density at radius 2 is 0.684 bits per heavy atom. The number of rotatable bonds is 11. The number of hydrogen-bond donors (Lipinski definition) is 0. The van der Waals surface area contributed by atoms with Crippen LogP contribution < -0.4 is 0 Å². The van der Waals surface area contributed by atoms with E-state index < -0.39 is 34.0 Å². The van der Waals surface area contributed by atoms with Gasteiger partial charge in [0, 0.05) is 0 Å². The van der Waals surface area contributed by atoms with Crippen molar-refractivity contribution in [1.29, 1.82) is 0 Å². The summed E-state index contributed by atoms with van der Waals surface area (Å²) in [6.45, 7) is 9.06. The van der Waals surface area contributed by atoms with E-state index in [4.69, 9.17) is 0 Å². The van der Waals surface area contributed by atoms with E-state index in [0.717, 1.165) is 150 Å². The van der Waals surface area contributed by atoms with Crippen molar-refractivity contribution in [3.63, 3.8) is 0 Å². The number of hydrogen-bond acceptors (Lipinski definition) is 2. The zero-order valence-electron chi connectivity index (χ0n) is 37.7. The minimum atomic E-state index is -0.837. The van der Waals surface area contributed by atoms with Crippen molar-refractivity contribution in [2.75, 3.05) is 0 Å². The smallest absolute Gasteiger partial charge is 0.151 e. The molecule has 0 aromatic heterocycles. The van der Waals surface area contributed by atoms with Crippen molar-refractivity contribution < 1.29 is 18.4 Å². The van der Waals surface area contributed by atoms with E-state index >= 15 is 8.78 Å². The summed E-state index contributed by atoms with van der Waals surface area (Å²) >= 11 is 0. The molecule has 0 amide bonds. The third-order valence-corrected chi connectivity index (χ3v) is 19.9. The van der Waals surface area contributed by atoms with Gasteiger partial charge in [-0.1, -0.05) is 111 Å². The predicted octanol–water partition coefficient (Wildman–Crippen LogP) is 15.7. The maximum atomic E-state index is 15.7. The summed E-state index contributed by atoms with van der Waals surface area (Å²) in [5.41, 5.74) is -2.25. The number of halogens is 2. The fourth-order valence-electron chi connectivity index (χ4n) is 15.9. The molecule has 8 aliphatic carbocycles. The molecule has 0 aromatic rings. The van der Waals surface area contributed by atoms with Crippen LogP contribution in [0.25, 0.3) is 0 Å². The van der Waals surface area contributed by atoms with Gasteiger partial charge in [0.1, 0.15) is 12.3 Å². The summed E-state index contributed by atoms with van der Waals surface area (Å²) in [7, 11) is 0. The molecule has 4 heteroatoms. The van der Waals surface area contributed by atoms with Gasteiger partial charge in [-0.05, 0) is 176 Å². The van der Waals surface area contributed by atoms with Gasteiger partial charge in [-0.2, -0.15) is 0 Å². The monoisotopic (exact) mass is 795 g/mol. The second-order valence-corrected chi connectivity index (χ2v) is 22.6. The molecule has 0 aromatic carbocycles. The van der Waals surface area contributed by atoms with Crippen molar-refractivity contribution in [2.45, 2.75) is 252 Å². The molecule has 57 heavy (non-hydrogen) atoms. The van der Waals surface area contributed by atoms with Gasteiger partial charge in [0.25, 0.3) is 0 Å². The Labute approximate surface area is 349 Å².